The van der Waals surface area contributed by atoms with Crippen LogP contribution in [0.5, 0.6) is 17.2 Å². The van der Waals surface area contributed by atoms with Gasteiger partial charge in [-0.15, -0.1) is 0 Å². The first-order valence-corrected chi connectivity index (χ1v) is 26.1. The fourth-order valence-electron chi connectivity index (χ4n) is 13.0. The van der Waals surface area contributed by atoms with Gasteiger partial charge in [-0.2, -0.15) is 0 Å². The SMILES string of the molecule is c1cc(OP(Oc2cccc(C3CCCCC3)c2C2CCCCC2)Oc2cccc(C3CCCCC3)c2C2CCCCC2)c(C2CCCCC2)c(C2CCCCC2)c1. The summed E-state index contributed by atoms with van der Waals surface area (Å²) in [4.78, 5) is 0. The van der Waals surface area contributed by atoms with E-state index in [1.165, 1.54) is 209 Å². The summed E-state index contributed by atoms with van der Waals surface area (Å²) in [5.74, 6) is 6.72. The molecular weight excluding hydrogens is 728 g/mol. The van der Waals surface area contributed by atoms with Crippen LogP contribution in [0.4, 0.5) is 0 Å². The monoisotopic (exact) mass is 803 g/mol. The lowest BCUT2D eigenvalue weighted by atomic mass is 9.75. The zero-order valence-corrected chi connectivity index (χ0v) is 36.9. The highest BCUT2D eigenvalue weighted by Gasteiger charge is 2.35. The van der Waals surface area contributed by atoms with Crippen LogP contribution in [-0.4, -0.2) is 0 Å². The van der Waals surface area contributed by atoms with Crippen LogP contribution in [0.15, 0.2) is 54.6 Å². The van der Waals surface area contributed by atoms with E-state index < -0.39 is 8.60 Å². The molecule has 0 saturated heterocycles. The highest BCUT2D eigenvalue weighted by atomic mass is 31.2. The molecule has 0 spiro atoms. The molecule has 9 rings (SSSR count). The van der Waals surface area contributed by atoms with Crippen molar-refractivity contribution in [3.63, 3.8) is 0 Å². The van der Waals surface area contributed by atoms with Crippen molar-refractivity contribution in [2.45, 2.75) is 228 Å². The standard InChI is InChI=1S/C54H75O3P/c1-7-22-40(23-8-1)46-34-19-37-49(52(46)43-28-13-4-14-29-43)55-58(56-50-38-20-35-47(41-24-9-2-10-25-41)53(50)44-30-15-5-16-31-44)57-51-39-21-36-48(42-26-11-3-12-27-42)54(51)45-32-17-6-18-33-45/h19-21,34-45H,1-18,22-33H2. The number of rotatable bonds is 12. The maximum Gasteiger partial charge on any atom is 0.530 e. The topological polar surface area (TPSA) is 27.7 Å². The van der Waals surface area contributed by atoms with Crippen LogP contribution >= 0.6 is 8.60 Å². The van der Waals surface area contributed by atoms with Crippen molar-refractivity contribution >= 4 is 8.60 Å². The van der Waals surface area contributed by atoms with E-state index in [2.05, 4.69) is 54.6 Å². The fourth-order valence-corrected chi connectivity index (χ4v) is 14.1. The summed E-state index contributed by atoms with van der Waals surface area (Å²) in [5, 5.41) is 0. The van der Waals surface area contributed by atoms with Gasteiger partial charge in [0.1, 0.15) is 17.2 Å². The molecule has 6 saturated carbocycles. The zero-order chi connectivity index (χ0) is 38.9. The lowest BCUT2D eigenvalue weighted by Crippen LogP contribution is -2.16. The first-order valence-electron chi connectivity index (χ1n) is 25.0. The Bertz CT molecular complexity index is 1530. The summed E-state index contributed by atoms with van der Waals surface area (Å²) < 4.78 is 22.5. The van der Waals surface area contributed by atoms with E-state index >= 15 is 0 Å². The summed E-state index contributed by atoms with van der Waals surface area (Å²) in [6, 6.07) is 21.2. The number of benzene rings is 3. The molecule has 3 aromatic rings. The van der Waals surface area contributed by atoms with Crippen LogP contribution < -0.4 is 13.6 Å². The van der Waals surface area contributed by atoms with E-state index in [0.29, 0.717) is 35.5 Å². The van der Waals surface area contributed by atoms with Gasteiger partial charge in [0.2, 0.25) is 0 Å². The second kappa shape index (κ2) is 20.4. The average molecular weight is 803 g/mol. The minimum atomic E-state index is -1.79. The molecule has 6 aliphatic rings. The van der Waals surface area contributed by atoms with E-state index in [4.69, 9.17) is 13.6 Å². The fraction of sp³-hybridized carbons (Fsp3) is 0.667. The normalized spacial score (nSPS) is 22.9. The molecule has 0 N–H and O–H groups in total. The predicted octanol–water partition coefficient (Wildman–Crippen LogP) is 17.7. The Hall–Kier alpha value is -2.51. The van der Waals surface area contributed by atoms with E-state index in [-0.39, 0.29) is 0 Å². The van der Waals surface area contributed by atoms with Gasteiger partial charge in [0.25, 0.3) is 0 Å². The summed E-state index contributed by atoms with van der Waals surface area (Å²) in [7, 11) is -1.79. The van der Waals surface area contributed by atoms with Gasteiger partial charge < -0.3 is 13.6 Å². The van der Waals surface area contributed by atoms with Crippen LogP contribution in [0.2, 0.25) is 0 Å². The van der Waals surface area contributed by atoms with Crippen molar-refractivity contribution in [3.05, 3.63) is 88.0 Å². The first kappa shape index (κ1) is 40.9. The van der Waals surface area contributed by atoms with Crippen LogP contribution in [-0.2, 0) is 0 Å². The number of hydrogen-bond donors (Lipinski definition) is 0. The summed E-state index contributed by atoms with van der Waals surface area (Å²) in [5.41, 5.74) is 9.22. The summed E-state index contributed by atoms with van der Waals surface area (Å²) in [6.45, 7) is 0. The molecule has 0 heterocycles. The van der Waals surface area contributed by atoms with Gasteiger partial charge in [-0.05, 0) is 147 Å². The van der Waals surface area contributed by atoms with Crippen molar-refractivity contribution in [2.24, 2.45) is 0 Å². The third-order valence-electron chi connectivity index (χ3n) is 16.0. The maximum absolute atomic E-state index is 7.51. The summed E-state index contributed by atoms with van der Waals surface area (Å²) >= 11 is 0. The van der Waals surface area contributed by atoms with Crippen molar-refractivity contribution in [3.8, 4) is 17.2 Å². The van der Waals surface area contributed by atoms with Crippen LogP contribution in [0.25, 0.3) is 0 Å². The van der Waals surface area contributed by atoms with Gasteiger partial charge in [0.05, 0.1) is 0 Å². The molecule has 6 fully saturated rings. The molecule has 0 bridgehead atoms. The van der Waals surface area contributed by atoms with Crippen molar-refractivity contribution in [2.75, 3.05) is 0 Å². The molecule has 0 radical (unpaired) electrons. The highest BCUT2D eigenvalue weighted by Crippen LogP contribution is 2.54. The van der Waals surface area contributed by atoms with E-state index in [0.717, 1.165) is 17.2 Å². The highest BCUT2D eigenvalue weighted by molar-refractivity contribution is 7.43. The van der Waals surface area contributed by atoms with Crippen molar-refractivity contribution in [1.82, 2.24) is 0 Å². The van der Waals surface area contributed by atoms with Crippen molar-refractivity contribution < 1.29 is 13.6 Å². The van der Waals surface area contributed by atoms with E-state index in [9.17, 15) is 0 Å². The third kappa shape index (κ3) is 9.66. The molecule has 3 aromatic carbocycles. The predicted molar refractivity (Wildman–Crippen MR) is 243 cm³/mol. The Morgan fingerprint density at radius 3 is 0.741 bits per heavy atom. The number of hydrogen-bond acceptors (Lipinski definition) is 3. The van der Waals surface area contributed by atoms with E-state index in [1.54, 1.807) is 16.7 Å². The Balaban J connectivity index is 1.14. The molecule has 4 heteroatoms. The smallest absolute Gasteiger partial charge is 0.408 e. The maximum atomic E-state index is 7.51. The van der Waals surface area contributed by atoms with Gasteiger partial charge in [0, 0.05) is 16.7 Å². The molecule has 58 heavy (non-hydrogen) atoms. The molecule has 0 aromatic heterocycles. The lowest BCUT2D eigenvalue weighted by Gasteiger charge is -2.34. The largest absolute Gasteiger partial charge is 0.530 e. The van der Waals surface area contributed by atoms with Gasteiger partial charge in [-0.25, -0.2) is 0 Å². The minimum Gasteiger partial charge on any atom is -0.408 e. The van der Waals surface area contributed by atoms with Gasteiger partial charge >= 0.3 is 8.60 Å². The van der Waals surface area contributed by atoms with Gasteiger partial charge in [0.15, 0.2) is 0 Å². The van der Waals surface area contributed by atoms with E-state index in [1.807, 2.05) is 0 Å². The Morgan fingerprint density at radius 1 is 0.276 bits per heavy atom. The Kier molecular flexibility index (Phi) is 14.4. The third-order valence-corrected chi connectivity index (χ3v) is 17.0. The molecule has 0 amide bonds. The quantitative estimate of drug-likeness (QED) is 0.171. The molecular formula is C54H75O3P. The molecule has 314 valence electrons. The molecule has 0 atom stereocenters. The summed E-state index contributed by atoms with van der Waals surface area (Å²) in [6.07, 6.45) is 39.7. The Morgan fingerprint density at radius 2 is 0.500 bits per heavy atom. The molecule has 3 nitrogen and oxygen atoms in total. The van der Waals surface area contributed by atoms with Crippen LogP contribution in [0.1, 0.15) is 262 Å². The zero-order valence-electron chi connectivity index (χ0n) is 36.0. The second-order valence-electron chi connectivity index (χ2n) is 19.8. The molecule has 0 unspecified atom stereocenters. The molecule has 0 aliphatic heterocycles. The van der Waals surface area contributed by atoms with Crippen LogP contribution in [0, 0.1) is 0 Å². The van der Waals surface area contributed by atoms with Gasteiger partial charge in [-0.1, -0.05) is 152 Å². The average Bonchev–Trinajstić information content (AvgIpc) is 3.30. The minimum absolute atomic E-state index is 0.554. The van der Waals surface area contributed by atoms with Gasteiger partial charge in [-0.3, -0.25) is 0 Å². The first-order chi connectivity index (χ1) is 28.8. The lowest BCUT2D eigenvalue weighted by molar-refractivity contribution is 0.359. The van der Waals surface area contributed by atoms with Crippen molar-refractivity contribution in [1.29, 1.82) is 0 Å². The second-order valence-corrected chi connectivity index (χ2v) is 20.8. The Labute approximate surface area is 354 Å². The van der Waals surface area contributed by atoms with Crippen LogP contribution in [0.3, 0.4) is 0 Å². The molecule has 6 aliphatic carbocycles.